The average Bonchev–Trinajstić information content (AvgIpc) is 1.89. The predicted octanol–water partition coefficient (Wildman–Crippen LogP) is -1.15. The van der Waals surface area contributed by atoms with Crippen molar-refractivity contribution in [1.82, 2.24) is 16.2 Å². The fourth-order valence-electron chi connectivity index (χ4n) is 0.356. The lowest BCUT2D eigenvalue weighted by molar-refractivity contribution is -0.119. The summed E-state index contributed by atoms with van der Waals surface area (Å²) < 4.78 is 0. The third kappa shape index (κ3) is 5.26. The molecule has 0 rings (SSSR count). The van der Waals surface area contributed by atoms with Gasteiger partial charge < -0.3 is 5.32 Å². The van der Waals surface area contributed by atoms with Crippen LogP contribution in [0.3, 0.4) is 0 Å². The Hall–Kier alpha value is -0.610. The van der Waals surface area contributed by atoms with Crippen molar-refractivity contribution < 1.29 is 4.79 Å². The van der Waals surface area contributed by atoms with Gasteiger partial charge in [-0.15, -0.1) is 0 Å². The number of amides is 1. The molecule has 0 aromatic heterocycles. The molecule has 0 atom stereocenters. The topological polar surface area (TPSA) is 53.2 Å². The Morgan fingerprint density at radius 2 is 2.11 bits per heavy atom. The van der Waals surface area contributed by atoms with E-state index in [1.165, 1.54) is 0 Å². The largest absolute Gasteiger partial charge is 0.358 e. The number of carbonyl (C=O) groups is 1. The van der Waals surface area contributed by atoms with Crippen LogP contribution in [-0.4, -0.2) is 26.0 Å². The standard InChI is InChI=1S/C5H13N3O/c1-3-7-8-4-5(9)6-2/h7-8H,3-4H2,1-2H3,(H,6,9). The van der Waals surface area contributed by atoms with Gasteiger partial charge in [-0.3, -0.25) is 10.2 Å². The number of hydrogen-bond donors (Lipinski definition) is 3. The Kier molecular flexibility index (Phi) is 5.15. The average molecular weight is 131 g/mol. The normalized spacial score (nSPS) is 9.11. The van der Waals surface area contributed by atoms with Crippen LogP contribution in [0.2, 0.25) is 0 Å². The number of hydrogen-bond acceptors (Lipinski definition) is 3. The zero-order valence-corrected chi connectivity index (χ0v) is 5.82. The maximum Gasteiger partial charge on any atom is 0.235 e. The number of likely N-dealkylation sites (N-methyl/N-ethyl adjacent to an activating group) is 1. The van der Waals surface area contributed by atoms with Crippen molar-refractivity contribution >= 4 is 5.91 Å². The first-order valence-electron chi connectivity index (χ1n) is 2.97. The first-order chi connectivity index (χ1) is 4.31. The van der Waals surface area contributed by atoms with Gasteiger partial charge in [0.05, 0.1) is 6.54 Å². The zero-order chi connectivity index (χ0) is 7.11. The quantitative estimate of drug-likeness (QED) is 0.333. The van der Waals surface area contributed by atoms with Crippen molar-refractivity contribution in [2.75, 3.05) is 20.1 Å². The number of carbonyl (C=O) groups excluding carboxylic acids is 1. The highest BCUT2D eigenvalue weighted by molar-refractivity contribution is 5.77. The molecule has 0 aliphatic heterocycles. The molecule has 3 N–H and O–H groups in total. The van der Waals surface area contributed by atoms with Gasteiger partial charge in [0, 0.05) is 13.6 Å². The molecule has 0 spiro atoms. The summed E-state index contributed by atoms with van der Waals surface area (Å²) in [6.07, 6.45) is 0. The zero-order valence-electron chi connectivity index (χ0n) is 5.82. The fraction of sp³-hybridized carbons (Fsp3) is 0.800. The molecular weight excluding hydrogens is 118 g/mol. The van der Waals surface area contributed by atoms with Gasteiger partial charge in [-0.2, -0.15) is 0 Å². The predicted molar refractivity (Wildman–Crippen MR) is 35.7 cm³/mol. The lowest BCUT2D eigenvalue weighted by atomic mass is 10.6. The Labute approximate surface area is 55.0 Å². The van der Waals surface area contributed by atoms with Crippen molar-refractivity contribution in [2.24, 2.45) is 0 Å². The van der Waals surface area contributed by atoms with E-state index >= 15 is 0 Å². The summed E-state index contributed by atoms with van der Waals surface area (Å²) in [5.74, 6) is -0.0176. The van der Waals surface area contributed by atoms with Crippen molar-refractivity contribution in [3.05, 3.63) is 0 Å². The van der Waals surface area contributed by atoms with E-state index in [1.807, 2.05) is 6.92 Å². The first kappa shape index (κ1) is 8.39. The molecular formula is C5H13N3O. The monoisotopic (exact) mass is 131 g/mol. The second-order valence-electron chi connectivity index (χ2n) is 1.56. The summed E-state index contributed by atoms with van der Waals surface area (Å²) in [5, 5.41) is 2.48. The summed E-state index contributed by atoms with van der Waals surface area (Å²) in [7, 11) is 1.61. The van der Waals surface area contributed by atoms with Crippen LogP contribution in [0.5, 0.6) is 0 Å². The first-order valence-corrected chi connectivity index (χ1v) is 2.97. The second kappa shape index (κ2) is 5.53. The molecule has 0 saturated carbocycles. The Morgan fingerprint density at radius 1 is 1.44 bits per heavy atom. The highest BCUT2D eigenvalue weighted by Crippen LogP contribution is 1.55. The van der Waals surface area contributed by atoms with Crippen LogP contribution >= 0.6 is 0 Å². The van der Waals surface area contributed by atoms with E-state index in [-0.39, 0.29) is 5.91 Å². The summed E-state index contributed by atoms with van der Waals surface area (Å²) in [4.78, 5) is 10.5. The van der Waals surface area contributed by atoms with E-state index in [9.17, 15) is 4.79 Å². The molecule has 0 unspecified atom stereocenters. The molecule has 4 heteroatoms. The number of rotatable bonds is 4. The van der Waals surface area contributed by atoms with E-state index in [0.29, 0.717) is 6.54 Å². The molecule has 1 amide bonds. The van der Waals surface area contributed by atoms with Gasteiger partial charge in [0.25, 0.3) is 0 Å². The van der Waals surface area contributed by atoms with E-state index < -0.39 is 0 Å². The minimum absolute atomic E-state index is 0.0176. The lowest BCUT2D eigenvalue weighted by Gasteiger charge is -2.01. The lowest BCUT2D eigenvalue weighted by Crippen LogP contribution is -2.39. The van der Waals surface area contributed by atoms with Gasteiger partial charge >= 0.3 is 0 Å². The summed E-state index contributed by atoms with van der Waals surface area (Å²) in [6.45, 7) is 3.10. The molecule has 0 saturated heterocycles. The molecule has 0 radical (unpaired) electrons. The molecule has 54 valence electrons. The van der Waals surface area contributed by atoms with Crippen LogP contribution in [0.1, 0.15) is 6.92 Å². The summed E-state index contributed by atoms with van der Waals surface area (Å²) in [5.41, 5.74) is 5.53. The van der Waals surface area contributed by atoms with E-state index in [4.69, 9.17) is 0 Å². The Balaban J connectivity index is 2.97. The maximum absolute atomic E-state index is 10.5. The van der Waals surface area contributed by atoms with Crippen molar-refractivity contribution in [3.8, 4) is 0 Å². The summed E-state index contributed by atoms with van der Waals surface area (Å²) >= 11 is 0. The van der Waals surface area contributed by atoms with Gasteiger partial charge in [0.2, 0.25) is 5.91 Å². The maximum atomic E-state index is 10.5. The fourth-order valence-corrected chi connectivity index (χ4v) is 0.356. The third-order valence-corrected chi connectivity index (χ3v) is 0.830. The Bertz CT molecular complexity index is 84.3. The Morgan fingerprint density at radius 3 is 2.56 bits per heavy atom. The van der Waals surface area contributed by atoms with Crippen molar-refractivity contribution in [1.29, 1.82) is 0 Å². The molecule has 9 heavy (non-hydrogen) atoms. The SMILES string of the molecule is CCNNCC(=O)NC. The minimum atomic E-state index is -0.0176. The third-order valence-electron chi connectivity index (χ3n) is 0.830. The van der Waals surface area contributed by atoms with E-state index in [2.05, 4.69) is 16.2 Å². The van der Waals surface area contributed by atoms with E-state index in [1.54, 1.807) is 7.05 Å². The smallest absolute Gasteiger partial charge is 0.235 e. The van der Waals surface area contributed by atoms with Gasteiger partial charge in [-0.25, -0.2) is 5.43 Å². The van der Waals surface area contributed by atoms with Crippen LogP contribution in [0, 0.1) is 0 Å². The van der Waals surface area contributed by atoms with Crippen LogP contribution in [-0.2, 0) is 4.79 Å². The van der Waals surface area contributed by atoms with Crippen LogP contribution in [0.4, 0.5) is 0 Å². The minimum Gasteiger partial charge on any atom is -0.358 e. The van der Waals surface area contributed by atoms with Crippen LogP contribution in [0.25, 0.3) is 0 Å². The highest BCUT2D eigenvalue weighted by Gasteiger charge is 1.92. The van der Waals surface area contributed by atoms with Gasteiger partial charge in [0.15, 0.2) is 0 Å². The molecule has 0 aliphatic rings. The summed E-state index contributed by atoms with van der Waals surface area (Å²) in [6, 6.07) is 0. The van der Waals surface area contributed by atoms with Gasteiger partial charge in [-0.1, -0.05) is 6.92 Å². The van der Waals surface area contributed by atoms with Crippen LogP contribution < -0.4 is 16.2 Å². The van der Waals surface area contributed by atoms with Gasteiger partial charge in [0.1, 0.15) is 0 Å². The molecule has 0 aromatic rings. The number of hydrazine groups is 1. The highest BCUT2D eigenvalue weighted by atomic mass is 16.1. The molecule has 4 nitrogen and oxygen atoms in total. The van der Waals surface area contributed by atoms with Crippen LogP contribution in [0.15, 0.2) is 0 Å². The molecule has 0 bridgehead atoms. The molecule has 0 aliphatic carbocycles. The number of nitrogens with one attached hydrogen (secondary N) is 3. The van der Waals surface area contributed by atoms with Gasteiger partial charge in [-0.05, 0) is 0 Å². The van der Waals surface area contributed by atoms with Crippen molar-refractivity contribution in [3.63, 3.8) is 0 Å². The molecule has 0 fully saturated rings. The second-order valence-corrected chi connectivity index (χ2v) is 1.56. The van der Waals surface area contributed by atoms with E-state index in [0.717, 1.165) is 6.54 Å². The van der Waals surface area contributed by atoms with Crippen molar-refractivity contribution in [2.45, 2.75) is 6.92 Å². The molecule has 0 aromatic carbocycles. The molecule has 0 heterocycles.